The van der Waals surface area contributed by atoms with Crippen LogP contribution in [0.5, 0.6) is 0 Å². The van der Waals surface area contributed by atoms with Crippen molar-refractivity contribution in [3.63, 3.8) is 0 Å². The summed E-state index contributed by atoms with van der Waals surface area (Å²) in [5.41, 5.74) is 0.290. The summed E-state index contributed by atoms with van der Waals surface area (Å²) >= 11 is 0. The first-order valence-electron chi connectivity index (χ1n) is 8.66. The fourth-order valence-corrected chi connectivity index (χ4v) is 2.47. The fraction of sp³-hybridized carbons (Fsp3) is 0.722. The Labute approximate surface area is 143 Å². The Bertz CT molecular complexity index is 435. The molecule has 0 aliphatic heterocycles. The Kier molecular flexibility index (Phi) is 9.80. The molecule has 1 saturated carbocycles. The zero-order valence-corrected chi connectivity index (χ0v) is 14.5. The number of carbonyl (C=O) groups is 3. The third kappa shape index (κ3) is 9.33. The molecule has 0 bridgehead atoms. The van der Waals surface area contributed by atoms with Gasteiger partial charge in [-0.25, -0.2) is 4.79 Å². The van der Waals surface area contributed by atoms with Gasteiger partial charge in [-0.2, -0.15) is 0 Å². The molecular formula is C18H28O6. The van der Waals surface area contributed by atoms with E-state index >= 15 is 0 Å². The van der Waals surface area contributed by atoms with E-state index < -0.39 is 11.9 Å². The zero-order chi connectivity index (χ0) is 17.8. The summed E-state index contributed by atoms with van der Waals surface area (Å²) in [7, 11) is 0. The van der Waals surface area contributed by atoms with Gasteiger partial charge >= 0.3 is 17.9 Å². The Morgan fingerprint density at radius 3 is 2.04 bits per heavy atom. The number of esters is 3. The molecule has 0 aromatic carbocycles. The summed E-state index contributed by atoms with van der Waals surface area (Å²) in [6.07, 6.45) is 7.59. The molecule has 0 saturated heterocycles. The van der Waals surface area contributed by atoms with Crippen molar-refractivity contribution in [3.05, 3.63) is 12.2 Å². The molecule has 0 atom stereocenters. The predicted molar refractivity (Wildman–Crippen MR) is 88.2 cm³/mol. The van der Waals surface area contributed by atoms with Crippen LogP contribution in [0.1, 0.15) is 64.7 Å². The SMILES string of the molecule is C=C(C)C(=O)OCCOC(=O)CCC(=O)OC1CCCCCCC1. The van der Waals surface area contributed by atoms with E-state index in [1.54, 1.807) is 0 Å². The Hall–Kier alpha value is -1.85. The second-order valence-electron chi connectivity index (χ2n) is 6.09. The molecule has 24 heavy (non-hydrogen) atoms. The van der Waals surface area contributed by atoms with E-state index in [1.165, 1.54) is 26.2 Å². The molecule has 6 heteroatoms. The first kappa shape index (κ1) is 20.2. The van der Waals surface area contributed by atoms with Gasteiger partial charge in [-0.15, -0.1) is 0 Å². The molecule has 1 aliphatic rings. The van der Waals surface area contributed by atoms with Gasteiger partial charge in [-0.1, -0.05) is 25.8 Å². The molecule has 1 aliphatic carbocycles. The summed E-state index contributed by atoms with van der Waals surface area (Å²) in [6.45, 7) is 4.92. The van der Waals surface area contributed by atoms with Crippen LogP contribution >= 0.6 is 0 Å². The van der Waals surface area contributed by atoms with Gasteiger partial charge in [-0.05, 0) is 32.6 Å². The van der Waals surface area contributed by atoms with E-state index in [-0.39, 0.29) is 38.1 Å². The summed E-state index contributed by atoms with van der Waals surface area (Å²) in [6, 6.07) is 0. The number of carbonyl (C=O) groups excluding carboxylic acids is 3. The average molecular weight is 340 g/mol. The minimum absolute atomic E-state index is 0.0148. The second kappa shape index (κ2) is 11.6. The van der Waals surface area contributed by atoms with Crippen molar-refractivity contribution in [2.24, 2.45) is 0 Å². The van der Waals surface area contributed by atoms with Gasteiger partial charge in [-0.3, -0.25) is 9.59 Å². The fourth-order valence-electron chi connectivity index (χ4n) is 2.47. The van der Waals surface area contributed by atoms with Crippen LogP contribution in [0.2, 0.25) is 0 Å². The molecule has 0 amide bonds. The molecular weight excluding hydrogens is 312 g/mol. The van der Waals surface area contributed by atoms with E-state index in [0.717, 1.165) is 25.7 Å². The van der Waals surface area contributed by atoms with E-state index in [2.05, 4.69) is 6.58 Å². The highest BCUT2D eigenvalue weighted by molar-refractivity contribution is 5.86. The normalized spacial score (nSPS) is 15.7. The maximum Gasteiger partial charge on any atom is 0.333 e. The lowest BCUT2D eigenvalue weighted by molar-refractivity contribution is -0.155. The lowest BCUT2D eigenvalue weighted by Gasteiger charge is -2.20. The van der Waals surface area contributed by atoms with Crippen LogP contribution in [0.3, 0.4) is 0 Å². The quantitative estimate of drug-likeness (QED) is 0.292. The summed E-state index contributed by atoms with van der Waals surface area (Å²) in [5.74, 6) is -1.38. The zero-order valence-electron chi connectivity index (χ0n) is 14.5. The van der Waals surface area contributed by atoms with Crippen molar-refractivity contribution in [1.29, 1.82) is 0 Å². The number of hydrogen-bond donors (Lipinski definition) is 0. The molecule has 0 spiro atoms. The van der Waals surface area contributed by atoms with Crippen molar-refractivity contribution in [3.8, 4) is 0 Å². The molecule has 0 unspecified atom stereocenters. The number of ether oxygens (including phenoxy) is 3. The van der Waals surface area contributed by atoms with E-state index in [1.807, 2.05) is 0 Å². The van der Waals surface area contributed by atoms with Gasteiger partial charge in [0.1, 0.15) is 19.3 Å². The van der Waals surface area contributed by atoms with Gasteiger partial charge in [0.25, 0.3) is 0 Å². The molecule has 0 aromatic rings. The first-order valence-corrected chi connectivity index (χ1v) is 8.66. The maximum atomic E-state index is 11.8. The summed E-state index contributed by atoms with van der Waals surface area (Å²) in [4.78, 5) is 34.4. The van der Waals surface area contributed by atoms with Crippen LogP contribution in [-0.2, 0) is 28.6 Å². The highest BCUT2D eigenvalue weighted by Gasteiger charge is 2.17. The van der Waals surface area contributed by atoms with Crippen molar-refractivity contribution in [1.82, 2.24) is 0 Å². The number of hydrogen-bond acceptors (Lipinski definition) is 6. The topological polar surface area (TPSA) is 78.9 Å². The molecule has 6 nitrogen and oxygen atoms in total. The van der Waals surface area contributed by atoms with Crippen molar-refractivity contribution in [2.45, 2.75) is 70.8 Å². The largest absolute Gasteiger partial charge is 0.462 e. The van der Waals surface area contributed by atoms with Gasteiger partial charge in [0.2, 0.25) is 0 Å². The average Bonchev–Trinajstić information content (AvgIpc) is 2.51. The van der Waals surface area contributed by atoms with Crippen molar-refractivity contribution in [2.75, 3.05) is 13.2 Å². The highest BCUT2D eigenvalue weighted by atomic mass is 16.6. The van der Waals surface area contributed by atoms with E-state index in [4.69, 9.17) is 14.2 Å². The molecule has 0 radical (unpaired) electrons. The van der Waals surface area contributed by atoms with E-state index in [0.29, 0.717) is 5.57 Å². The van der Waals surface area contributed by atoms with Gasteiger partial charge in [0, 0.05) is 5.57 Å². The second-order valence-corrected chi connectivity index (χ2v) is 6.09. The molecule has 1 rings (SSSR count). The molecule has 0 heterocycles. The van der Waals surface area contributed by atoms with Crippen molar-refractivity contribution >= 4 is 17.9 Å². The lowest BCUT2D eigenvalue weighted by Crippen LogP contribution is -2.20. The smallest absolute Gasteiger partial charge is 0.333 e. The van der Waals surface area contributed by atoms with Crippen LogP contribution in [0.4, 0.5) is 0 Å². The summed E-state index contributed by atoms with van der Waals surface area (Å²) < 4.78 is 15.1. The maximum absolute atomic E-state index is 11.8. The molecule has 0 N–H and O–H groups in total. The molecule has 136 valence electrons. The minimum atomic E-state index is -0.520. The standard InChI is InChI=1S/C18H28O6/c1-14(2)18(21)23-13-12-22-16(19)10-11-17(20)24-15-8-6-4-3-5-7-9-15/h15H,1,3-13H2,2H3. The predicted octanol–water partition coefficient (Wildman–Crippen LogP) is 3.09. The van der Waals surface area contributed by atoms with Crippen LogP contribution in [-0.4, -0.2) is 37.2 Å². The van der Waals surface area contributed by atoms with E-state index in [9.17, 15) is 14.4 Å². The highest BCUT2D eigenvalue weighted by Crippen LogP contribution is 2.20. The van der Waals surface area contributed by atoms with Crippen LogP contribution in [0.15, 0.2) is 12.2 Å². The number of rotatable bonds is 8. The first-order chi connectivity index (χ1) is 11.5. The van der Waals surface area contributed by atoms with Crippen LogP contribution in [0.25, 0.3) is 0 Å². The van der Waals surface area contributed by atoms with Crippen molar-refractivity contribution < 1.29 is 28.6 Å². The van der Waals surface area contributed by atoms with Gasteiger partial charge in [0.15, 0.2) is 0 Å². The third-order valence-electron chi connectivity index (χ3n) is 3.81. The van der Waals surface area contributed by atoms with Crippen LogP contribution in [0, 0.1) is 0 Å². The summed E-state index contributed by atoms with van der Waals surface area (Å²) in [5, 5.41) is 0. The molecule has 0 aromatic heterocycles. The Morgan fingerprint density at radius 1 is 0.875 bits per heavy atom. The Morgan fingerprint density at radius 2 is 1.42 bits per heavy atom. The minimum Gasteiger partial charge on any atom is -0.462 e. The van der Waals surface area contributed by atoms with Gasteiger partial charge < -0.3 is 14.2 Å². The van der Waals surface area contributed by atoms with Gasteiger partial charge in [0.05, 0.1) is 12.8 Å². The Balaban J connectivity index is 2.11. The third-order valence-corrected chi connectivity index (χ3v) is 3.81. The monoisotopic (exact) mass is 340 g/mol. The lowest BCUT2D eigenvalue weighted by atomic mass is 9.98. The van der Waals surface area contributed by atoms with Crippen LogP contribution < -0.4 is 0 Å². The molecule has 1 fully saturated rings.